The Morgan fingerprint density at radius 1 is 1.11 bits per heavy atom. The van der Waals surface area contributed by atoms with E-state index in [2.05, 4.69) is 32.0 Å². The molecule has 0 radical (unpaired) electrons. The van der Waals surface area contributed by atoms with Crippen molar-refractivity contribution in [1.82, 2.24) is 20.2 Å². The van der Waals surface area contributed by atoms with Crippen LogP contribution in [0, 0.1) is 0 Å². The molecule has 1 aliphatic rings. The fraction of sp³-hybridized carbons (Fsp3) is 0.450. The van der Waals surface area contributed by atoms with E-state index in [-0.39, 0.29) is 5.91 Å². The Bertz CT molecular complexity index is 725. The van der Waals surface area contributed by atoms with Crippen LogP contribution >= 0.6 is 0 Å². The second-order valence-corrected chi connectivity index (χ2v) is 6.55. The predicted molar refractivity (Wildman–Crippen MR) is 105 cm³/mol. The molecule has 1 aliphatic heterocycles. The van der Waals surface area contributed by atoms with Gasteiger partial charge in [0, 0.05) is 45.1 Å². The van der Waals surface area contributed by atoms with E-state index in [9.17, 15) is 4.79 Å². The molecule has 1 aromatic carbocycles. The maximum atomic E-state index is 12.3. The number of nitrogens with one attached hydrogen (secondary N) is 1. The van der Waals surface area contributed by atoms with Gasteiger partial charge in [-0.1, -0.05) is 19.1 Å². The fourth-order valence-corrected chi connectivity index (χ4v) is 3.08. The van der Waals surface area contributed by atoms with Gasteiger partial charge in [0.25, 0.3) is 5.91 Å². The molecule has 7 heteroatoms. The lowest BCUT2D eigenvalue weighted by Crippen LogP contribution is -2.46. The van der Waals surface area contributed by atoms with Gasteiger partial charge in [-0.05, 0) is 30.7 Å². The third-order valence-electron chi connectivity index (χ3n) is 4.86. The zero-order chi connectivity index (χ0) is 19.1. The van der Waals surface area contributed by atoms with Gasteiger partial charge in [0.1, 0.15) is 5.75 Å². The van der Waals surface area contributed by atoms with Crippen LogP contribution in [0.15, 0.2) is 36.7 Å². The number of amides is 1. The standard InChI is InChI=1S/C20H27N5O2/c1-3-24-10-12-25(13-11-24)20-22-14-17(15-23-20)19(26)21-9-8-16-4-6-18(27-2)7-5-16/h4-7,14-15H,3,8-13H2,1-2H3,(H,21,26). The van der Waals surface area contributed by atoms with E-state index in [1.807, 2.05) is 24.3 Å². The van der Waals surface area contributed by atoms with Crippen LogP contribution in [0.3, 0.4) is 0 Å². The number of carbonyl (C=O) groups is 1. The van der Waals surface area contributed by atoms with Crippen molar-refractivity contribution in [3.63, 3.8) is 0 Å². The van der Waals surface area contributed by atoms with Crippen molar-refractivity contribution in [3.05, 3.63) is 47.8 Å². The number of benzene rings is 1. The molecule has 0 unspecified atom stereocenters. The summed E-state index contributed by atoms with van der Waals surface area (Å²) in [4.78, 5) is 25.6. The Balaban J connectivity index is 1.47. The van der Waals surface area contributed by atoms with E-state index in [1.165, 1.54) is 0 Å². The van der Waals surface area contributed by atoms with Crippen LogP contribution in [0.25, 0.3) is 0 Å². The minimum Gasteiger partial charge on any atom is -0.497 e. The Morgan fingerprint density at radius 2 is 1.78 bits per heavy atom. The summed E-state index contributed by atoms with van der Waals surface area (Å²) in [5, 5.41) is 2.92. The Labute approximate surface area is 160 Å². The van der Waals surface area contributed by atoms with Gasteiger partial charge in [-0.3, -0.25) is 4.79 Å². The van der Waals surface area contributed by atoms with Crippen LogP contribution in [-0.2, 0) is 6.42 Å². The van der Waals surface area contributed by atoms with Gasteiger partial charge >= 0.3 is 0 Å². The number of aromatic nitrogens is 2. The maximum Gasteiger partial charge on any atom is 0.254 e. The summed E-state index contributed by atoms with van der Waals surface area (Å²) < 4.78 is 5.14. The summed E-state index contributed by atoms with van der Waals surface area (Å²) >= 11 is 0. The molecule has 0 aliphatic carbocycles. The Kier molecular flexibility index (Phi) is 6.59. The smallest absolute Gasteiger partial charge is 0.254 e. The van der Waals surface area contributed by atoms with E-state index in [4.69, 9.17) is 4.74 Å². The van der Waals surface area contributed by atoms with Crippen LogP contribution in [-0.4, -0.2) is 67.2 Å². The summed E-state index contributed by atoms with van der Waals surface area (Å²) in [6, 6.07) is 7.84. The first-order chi connectivity index (χ1) is 13.2. The average Bonchev–Trinajstić information content (AvgIpc) is 2.74. The first-order valence-electron chi connectivity index (χ1n) is 9.40. The van der Waals surface area contributed by atoms with E-state index >= 15 is 0 Å². The fourth-order valence-electron chi connectivity index (χ4n) is 3.08. The molecule has 0 spiro atoms. The summed E-state index contributed by atoms with van der Waals surface area (Å²) in [7, 11) is 1.65. The molecule has 1 aromatic heterocycles. The largest absolute Gasteiger partial charge is 0.497 e. The molecule has 0 atom stereocenters. The van der Waals surface area contributed by atoms with Gasteiger partial charge in [-0.15, -0.1) is 0 Å². The molecule has 7 nitrogen and oxygen atoms in total. The van der Waals surface area contributed by atoms with Crippen LogP contribution in [0.5, 0.6) is 5.75 Å². The first kappa shape index (κ1) is 19.1. The molecule has 3 rings (SSSR count). The minimum atomic E-state index is -0.147. The minimum absolute atomic E-state index is 0.147. The second kappa shape index (κ2) is 9.32. The molecule has 1 saturated heterocycles. The lowest BCUT2D eigenvalue weighted by atomic mass is 10.1. The third kappa shape index (κ3) is 5.17. The number of nitrogens with zero attached hydrogens (tertiary/aromatic N) is 4. The number of likely N-dealkylation sites (N-methyl/N-ethyl adjacent to an activating group) is 1. The van der Waals surface area contributed by atoms with Crippen LogP contribution in [0.2, 0.25) is 0 Å². The number of hydrogen-bond acceptors (Lipinski definition) is 6. The molecule has 144 valence electrons. The summed E-state index contributed by atoms with van der Waals surface area (Å²) in [6.07, 6.45) is 3.98. The number of anilines is 1. The quantitative estimate of drug-likeness (QED) is 0.799. The van der Waals surface area contributed by atoms with Crippen molar-refractivity contribution in [2.45, 2.75) is 13.3 Å². The lowest BCUT2D eigenvalue weighted by molar-refractivity contribution is 0.0953. The molecular weight excluding hydrogens is 342 g/mol. The van der Waals surface area contributed by atoms with Crippen LogP contribution < -0.4 is 15.0 Å². The number of carbonyl (C=O) groups excluding carboxylic acids is 1. The van der Waals surface area contributed by atoms with Crippen molar-refractivity contribution >= 4 is 11.9 Å². The second-order valence-electron chi connectivity index (χ2n) is 6.55. The summed E-state index contributed by atoms with van der Waals surface area (Å²) in [5.74, 6) is 1.38. The van der Waals surface area contributed by atoms with Crippen LogP contribution in [0.1, 0.15) is 22.8 Å². The molecule has 1 N–H and O–H groups in total. The highest BCUT2D eigenvalue weighted by Crippen LogP contribution is 2.12. The highest BCUT2D eigenvalue weighted by Gasteiger charge is 2.18. The Morgan fingerprint density at radius 3 is 2.37 bits per heavy atom. The van der Waals surface area contributed by atoms with Gasteiger partial charge in [0.05, 0.1) is 12.7 Å². The normalized spacial score (nSPS) is 14.8. The lowest BCUT2D eigenvalue weighted by Gasteiger charge is -2.33. The molecule has 1 amide bonds. The number of methoxy groups -OCH3 is 1. The van der Waals surface area contributed by atoms with E-state index in [1.54, 1.807) is 19.5 Å². The van der Waals surface area contributed by atoms with E-state index in [0.29, 0.717) is 18.1 Å². The molecule has 2 heterocycles. The van der Waals surface area contributed by atoms with Gasteiger partial charge < -0.3 is 19.9 Å². The van der Waals surface area contributed by atoms with Crippen molar-refractivity contribution in [2.75, 3.05) is 51.3 Å². The highest BCUT2D eigenvalue weighted by atomic mass is 16.5. The molecule has 2 aromatic rings. The zero-order valence-electron chi connectivity index (χ0n) is 16.0. The monoisotopic (exact) mass is 369 g/mol. The first-order valence-corrected chi connectivity index (χ1v) is 9.40. The van der Waals surface area contributed by atoms with Crippen molar-refractivity contribution in [1.29, 1.82) is 0 Å². The number of rotatable bonds is 7. The van der Waals surface area contributed by atoms with Crippen LogP contribution in [0.4, 0.5) is 5.95 Å². The molecule has 0 saturated carbocycles. The number of hydrogen-bond donors (Lipinski definition) is 1. The zero-order valence-corrected chi connectivity index (χ0v) is 16.0. The van der Waals surface area contributed by atoms with Gasteiger partial charge in [0.2, 0.25) is 5.95 Å². The average molecular weight is 369 g/mol. The number of piperazine rings is 1. The molecule has 1 fully saturated rings. The van der Waals surface area contributed by atoms with Crippen molar-refractivity contribution < 1.29 is 9.53 Å². The van der Waals surface area contributed by atoms with E-state index in [0.717, 1.165) is 50.5 Å². The third-order valence-corrected chi connectivity index (χ3v) is 4.86. The van der Waals surface area contributed by atoms with Crippen molar-refractivity contribution in [3.8, 4) is 5.75 Å². The SMILES string of the molecule is CCN1CCN(c2ncc(C(=O)NCCc3ccc(OC)cc3)cn2)CC1. The Hall–Kier alpha value is -2.67. The summed E-state index contributed by atoms with van der Waals surface area (Å²) in [6.45, 7) is 7.69. The van der Waals surface area contributed by atoms with Gasteiger partial charge in [-0.2, -0.15) is 0 Å². The predicted octanol–water partition coefficient (Wildman–Crippen LogP) is 1.60. The van der Waals surface area contributed by atoms with Gasteiger partial charge in [0.15, 0.2) is 0 Å². The number of ether oxygens (including phenoxy) is 1. The molecule has 0 bridgehead atoms. The van der Waals surface area contributed by atoms with E-state index < -0.39 is 0 Å². The topological polar surface area (TPSA) is 70.6 Å². The molecular formula is C20H27N5O2. The van der Waals surface area contributed by atoms with Crippen molar-refractivity contribution in [2.24, 2.45) is 0 Å². The summed E-state index contributed by atoms with van der Waals surface area (Å²) in [5.41, 5.74) is 1.63. The highest BCUT2D eigenvalue weighted by molar-refractivity contribution is 5.93. The van der Waals surface area contributed by atoms with Gasteiger partial charge in [-0.25, -0.2) is 9.97 Å². The molecule has 27 heavy (non-hydrogen) atoms. The maximum absolute atomic E-state index is 12.3.